The number of esters is 1. The average molecular weight is 545 g/mol. The number of halogens is 1. The molecule has 0 aliphatic heterocycles. The topological polar surface area (TPSA) is 72.2 Å². The molecule has 4 rings (SSSR count). The first-order valence-corrected chi connectivity index (χ1v) is 12.7. The number of hydrogen-bond donors (Lipinski definition) is 0. The molecule has 1 aromatic heterocycles. The van der Waals surface area contributed by atoms with Gasteiger partial charge in [-0.05, 0) is 67.1 Å². The van der Waals surface area contributed by atoms with Crippen molar-refractivity contribution < 1.29 is 14.3 Å². The van der Waals surface area contributed by atoms with Gasteiger partial charge in [0.2, 0.25) is 0 Å². The molecule has 4 aromatic rings. The highest BCUT2D eigenvalue weighted by atomic mass is 79.9. The summed E-state index contributed by atoms with van der Waals surface area (Å²) in [6, 6.07) is 28.6. The van der Waals surface area contributed by atoms with Gasteiger partial charge in [0.15, 0.2) is 0 Å². The minimum Gasteiger partial charge on any atom is -0.494 e. The van der Waals surface area contributed by atoms with E-state index >= 15 is 0 Å². The first kappa shape index (κ1) is 24.5. The zero-order valence-corrected chi connectivity index (χ0v) is 21.3. The molecule has 0 radical (unpaired) electrons. The standard InChI is InChI=1S/C28H21BrN2O3S/c1-2-33-22-12-8-20(9-13-22)26-16-24(19-6-4-3-5-7-19)25(17-30)28(31-26)35-18-27(32)34-23-14-10-21(29)11-15-23/h3-16H,2,18H2,1H3. The van der Waals surface area contributed by atoms with Gasteiger partial charge in [-0.3, -0.25) is 4.79 Å². The van der Waals surface area contributed by atoms with E-state index in [9.17, 15) is 10.1 Å². The van der Waals surface area contributed by atoms with Crippen molar-refractivity contribution in [3.63, 3.8) is 0 Å². The van der Waals surface area contributed by atoms with Crippen LogP contribution < -0.4 is 9.47 Å². The molecule has 5 nitrogen and oxygen atoms in total. The lowest BCUT2D eigenvalue weighted by Crippen LogP contribution is -2.11. The van der Waals surface area contributed by atoms with Crippen molar-refractivity contribution >= 4 is 33.7 Å². The second-order valence-electron chi connectivity index (χ2n) is 7.39. The number of hydrogen-bond acceptors (Lipinski definition) is 6. The summed E-state index contributed by atoms with van der Waals surface area (Å²) in [4.78, 5) is 17.3. The molecule has 0 fully saturated rings. The Hall–Kier alpha value is -3.60. The third-order valence-corrected chi connectivity index (χ3v) is 6.49. The number of carbonyl (C=O) groups excluding carboxylic acids is 1. The van der Waals surface area contributed by atoms with Gasteiger partial charge in [-0.15, -0.1) is 0 Å². The normalized spacial score (nSPS) is 10.4. The summed E-state index contributed by atoms with van der Waals surface area (Å²) in [5.74, 6) is 0.827. The number of aromatic nitrogens is 1. The second kappa shape index (κ2) is 11.7. The lowest BCUT2D eigenvalue weighted by molar-refractivity contribution is -0.131. The van der Waals surface area contributed by atoms with Crippen LogP contribution in [0.1, 0.15) is 12.5 Å². The Bertz CT molecular complexity index is 1350. The van der Waals surface area contributed by atoms with Crippen LogP contribution in [0.2, 0.25) is 0 Å². The Kier molecular flexibility index (Phi) is 8.19. The average Bonchev–Trinajstić information content (AvgIpc) is 2.89. The Labute approximate surface area is 216 Å². The summed E-state index contributed by atoms with van der Waals surface area (Å²) < 4.78 is 11.9. The van der Waals surface area contributed by atoms with Gasteiger partial charge in [0, 0.05) is 15.6 Å². The van der Waals surface area contributed by atoms with Crippen LogP contribution in [-0.4, -0.2) is 23.3 Å². The van der Waals surface area contributed by atoms with Crippen molar-refractivity contribution in [1.29, 1.82) is 5.26 Å². The maximum atomic E-state index is 12.5. The zero-order chi connectivity index (χ0) is 24.6. The molecule has 174 valence electrons. The predicted octanol–water partition coefficient (Wildman–Crippen LogP) is 7.15. The SMILES string of the molecule is CCOc1ccc(-c2cc(-c3ccccc3)c(C#N)c(SCC(=O)Oc3ccc(Br)cc3)n2)cc1. The van der Waals surface area contributed by atoms with Crippen LogP contribution in [0.5, 0.6) is 11.5 Å². The lowest BCUT2D eigenvalue weighted by atomic mass is 9.99. The van der Waals surface area contributed by atoms with Gasteiger partial charge in [-0.25, -0.2) is 4.98 Å². The third kappa shape index (κ3) is 6.30. The molecule has 35 heavy (non-hydrogen) atoms. The van der Waals surface area contributed by atoms with E-state index in [1.807, 2.05) is 67.6 Å². The monoisotopic (exact) mass is 544 g/mol. The first-order chi connectivity index (χ1) is 17.1. The molecule has 0 aliphatic rings. The van der Waals surface area contributed by atoms with Crippen LogP contribution in [0.25, 0.3) is 22.4 Å². The van der Waals surface area contributed by atoms with Crippen LogP contribution in [0.15, 0.2) is 94.4 Å². The highest BCUT2D eigenvalue weighted by molar-refractivity contribution is 9.10. The van der Waals surface area contributed by atoms with E-state index < -0.39 is 5.97 Å². The fourth-order valence-electron chi connectivity index (χ4n) is 3.41. The fourth-order valence-corrected chi connectivity index (χ4v) is 4.45. The van der Waals surface area contributed by atoms with Gasteiger partial charge in [0.1, 0.15) is 22.6 Å². The second-order valence-corrected chi connectivity index (χ2v) is 9.27. The maximum absolute atomic E-state index is 12.5. The number of pyridine rings is 1. The quantitative estimate of drug-likeness (QED) is 0.133. The van der Waals surface area contributed by atoms with Crippen molar-refractivity contribution in [3.05, 3.63) is 95.0 Å². The molecule has 0 unspecified atom stereocenters. The Morgan fingerprint density at radius 2 is 1.66 bits per heavy atom. The summed E-state index contributed by atoms with van der Waals surface area (Å²) >= 11 is 4.55. The van der Waals surface area contributed by atoms with Crippen molar-refractivity contribution in [2.24, 2.45) is 0 Å². The van der Waals surface area contributed by atoms with Gasteiger partial charge in [0.25, 0.3) is 0 Å². The highest BCUT2D eigenvalue weighted by Crippen LogP contribution is 2.34. The number of nitriles is 1. The molecular weight excluding hydrogens is 524 g/mol. The fraction of sp³-hybridized carbons (Fsp3) is 0.107. The number of rotatable bonds is 8. The van der Waals surface area contributed by atoms with E-state index in [2.05, 4.69) is 22.0 Å². The van der Waals surface area contributed by atoms with Crippen LogP contribution in [0, 0.1) is 11.3 Å². The van der Waals surface area contributed by atoms with Crippen LogP contribution in [0.4, 0.5) is 0 Å². The predicted molar refractivity (Wildman–Crippen MR) is 141 cm³/mol. The molecule has 0 N–H and O–H groups in total. The number of carbonyl (C=O) groups is 1. The Balaban J connectivity index is 1.66. The third-order valence-electron chi connectivity index (χ3n) is 5.02. The van der Waals surface area contributed by atoms with Crippen molar-refractivity contribution in [2.45, 2.75) is 11.9 Å². The van der Waals surface area contributed by atoms with E-state index in [-0.39, 0.29) is 5.75 Å². The van der Waals surface area contributed by atoms with Crippen LogP contribution >= 0.6 is 27.7 Å². The zero-order valence-electron chi connectivity index (χ0n) is 18.9. The van der Waals surface area contributed by atoms with Crippen molar-refractivity contribution in [2.75, 3.05) is 12.4 Å². The molecule has 0 saturated heterocycles. The van der Waals surface area contributed by atoms with Gasteiger partial charge < -0.3 is 9.47 Å². The molecule has 0 bridgehead atoms. The molecule has 1 heterocycles. The van der Waals surface area contributed by atoms with E-state index in [0.29, 0.717) is 28.6 Å². The van der Waals surface area contributed by atoms with E-state index in [1.54, 1.807) is 24.3 Å². The molecule has 3 aromatic carbocycles. The number of nitrogens with zero attached hydrogens (tertiary/aromatic N) is 2. The molecule has 0 spiro atoms. The summed E-state index contributed by atoms with van der Waals surface area (Å²) in [5.41, 5.74) is 3.67. The summed E-state index contributed by atoms with van der Waals surface area (Å²) in [5, 5.41) is 10.5. The Morgan fingerprint density at radius 1 is 0.971 bits per heavy atom. The molecule has 0 saturated carbocycles. The molecule has 7 heteroatoms. The van der Waals surface area contributed by atoms with Gasteiger partial charge >= 0.3 is 5.97 Å². The number of ether oxygens (including phenoxy) is 2. The molecule has 0 amide bonds. The highest BCUT2D eigenvalue weighted by Gasteiger charge is 2.17. The lowest BCUT2D eigenvalue weighted by Gasteiger charge is -2.13. The molecule has 0 atom stereocenters. The maximum Gasteiger partial charge on any atom is 0.321 e. The number of benzene rings is 3. The summed E-state index contributed by atoms with van der Waals surface area (Å²) in [6.07, 6.45) is 0. The van der Waals surface area contributed by atoms with E-state index in [0.717, 1.165) is 26.9 Å². The Morgan fingerprint density at radius 3 is 2.31 bits per heavy atom. The largest absolute Gasteiger partial charge is 0.494 e. The van der Waals surface area contributed by atoms with Crippen LogP contribution in [-0.2, 0) is 4.79 Å². The van der Waals surface area contributed by atoms with Gasteiger partial charge in [0.05, 0.1) is 23.6 Å². The van der Waals surface area contributed by atoms with E-state index in [1.165, 1.54) is 11.8 Å². The van der Waals surface area contributed by atoms with Crippen LogP contribution in [0.3, 0.4) is 0 Å². The summed E-state index contributed by atoms with van der Waals surface area (Å²) in [6.45, 7) is 2.53. The summed E-state index contributed by atoms with van der Waals surface area (Å²) in [7, 11) is 0. The van der Waals surface area contributed by atoms with Crippen molar-refractivity contribution in [3.8, 4) is 40.0 Å². The molecule has 0 aliphatic carbocycles. The minimum atomic E-state index is -0.421. The smallest absolute Gasteiger partial charge is 0.321 e. The van der Waals surface area contributed by atoms with Gasteiger partial charge in [-0.2, -0.15) is 5.26 Å². The van der Waals surface area contributed by atoms with Gasteiger partial charge in [-0.1, -0.05) is 58.0 Å². The minimum absolute atomic E-state index is 0.0126. The first-order valence-electron chi connectivity index (χ1n) is 10.9. The van der Waals surface area contributed by atoms with E-state index in [4.69, 9.17) is 14.5 Å². The molecular formula is C28H21BrN2O3S. The van der Waals surface area contributed by atoms with Crippen molar-refractivity contribution in [1.82, 2.24) is 4.98 Å². The number of thioether (sulfide) groups is 1.